The normalized spacial score (nSPS) is 16.5. The van der Waals surface area contributed by atoms with E-state index >= 15 is 0 Å². The molecule has 0 radical (unpaired) electrons. The van der Waals surface area contributed by atoms with E-state index in [1.807, 2.05) is 33.9 Å². The fourth-order valence-corrected chi connectivity index (χ4v) is 4.38. The van der Waals surface area contributed by atoms with Crippen molar-refractivity contribution >= 4 is 17.2 Å². The lowest BCUT2D eigenvalue weighted by Gasteiger charge is -2.22. The molecule has 0 saturated carbocycles. The van der Waals surface area contributed by atoms with E-state index < -0.39 is 0 Å². The number of hydrogen-bond acceptors (Lipinski definition) is 6. The lowest BCUT2D eigenvalue weighted by atomic mass is 10.1. The molecule has 8 heteroatoms. The molecule has 3 aromatic heterocycles. The molecule has 5 heterocycles. The SMILES string of the molecule is c1cc2c(c(-c3ccc4cnc(Nc5cnn(C6CCNCC6)c5)nn34)c1)OCC2. The Balaban J connectivity index is 1.31. The summed E-state index contributed by atoms with van der Waals surface area (Å²) in [7, 11) is 0. The van der Waals surface area contributed by atoms with Gasteiger partial charge in [0.2, 0.25) is 5.95 Å². The zero-order valence-electron chi connectivity index (χ0n) is 16.6. The molecule has 1 aromatic carbocycles. The van der Waals surface area contributed by atoms with E-state index in [4.69, 9.17) is 9.84 Å². The number of nitrogens with one attached hydrogen (secondary N) is 2. The average molecular weight is 401 g/mol. The summed E-state index contributed by atoms with van der Waals surface area (Å²) >= 11 is 0. The van der Waals surface area contributed by atoms with Gasteiger partial charge >= 0.3 is 0 Å². The monoisotopic (exact) mass is 401 g/mol. The fourth-order valence-electron chi connectivity index (χ4n) is 4.38. The number of hydrogen-bond donors (Lipinski definition) is 2. The minimum absolute atomic E-state index is 0.446. The maximum Gasteiger partial charge on any atom is 0.245 e. The molecule has 1 saturated heterocycles. The highest BCUT2D eigenvalue weighted by Crippen LogP contribution is 2.37. The molecule has 30 heavy (non-hydrogen) atoms. The summed E-state index contributed by atoms with van der Waals surface area (Å²) in [4.78, 5) is 4.48. The predicted octanol–water partition coefficient (Wildman–Crippen LogP) is 3.20. The Morgan fingerprint density at radius 1 is 1.10 bits per heavy atom. The van der Waals surface area contributed by atoms with Crippen molar-refractivity contribution in [3.63, 3.8) is 0 Å². The smallest absolute Gasteiger partial charge is 0.245 e. The first-order chi connectivity index (χ1) is 14.8. The Morgan fingerprint density at radius 3 is 2.97 bits per heavy atom. The summed E-state index contributed by atoms with van der Waals surface area (Å²) in [6.45, 7) is 2.81. The third-order valence-corrected chi connectivity index (χ3v) is 5.93. The number of benzene rings is 1. The van der Waals surface area contributed by atoms with Gasteiger partial charge in [0.1, 0.15) is 5.75 Å². The minimum Gasteiger partial charge on any atom is -0.492 e. The van der Waals surface area contributed by atoms with Gasteiger partial charge in [-0.15, -0.1) is 5.10 Å². The van der Waals surface area contributed by atoms with Gasteiger partial charge < -0.3 is 15.4 Å². The van der Waals surface area contributed by atoms with Crippen LogP contribution in [0.25, 0.3) is 16.8 Å². The summed E-state index contributed by atoms with van der Waals surface area (Å²) in [5.74, 6) is 1.51. The molecule has 4 aromatic rings. The van der Waals surface area contributed by atoms with Gasteiger partial charge in [0.15, 0.2) is 0 Å². The Bertz CT molecular complexity index is 1210. The fraction of sp³-hybridized carbons (Fsp3) is 0.318. The highest BCUT2D eigenvalue weighted by molar-refractivity contribution is 5.74. The lowest BCUT2D eigenvalue weighted by molar-refractivity contribution is 0.343. The van der Waals surface area contributed by atoms with Crippen molar-refractivity contribution in [2.24, 2.45) is 0 Å². The van der Waals surface area contributed by atoms with Crippen LogP contribution in [0.15, 0.2) is 48.9 Å². The number of rotatable bonds is 4. The average Bonchev–Trinajstić information content (AvgIpc) is 3.53. The molecular weight excluding hydrogens is 378 g/mol. The van der Waals surface area contributed by atoms with E-state index in [-0.39, 0.29) is 0 Å². The zero-order chi connectivity index (χ0) is 19.9. The van der Waals surface area contributed by atoms with Gasteiger partial charge in [0.25, 0.3) is 0 Å². The van der Waals surface area contributed by atoms with E-state index in [1.54, 1.807) is 0 Å². The number of ether oxygens (including phenoxy) is 1. The van der Waals surface area contributed by atoms with Crippen LogP contribution in [-0.2, 0) is 6.42 Å². The Hall–Kier alpha value is -3.39. The van der Waals surface area contributed by atoms with Crippen LogP contribution in [0.2, 0.25) is 0 Å². The molecule has 2 N–H and O–H groups in total. The molecular formula is C22H23N7O. The van der Waals surface area contributed by atoms with Crippen molar-refractivity contribution < 1.29 is 4.74 Å². The summed E-state index contributed by atoms with van der Waals surface area (Å²) in [6, 6.07) is 10.8. The maximum absolute atomic E-state index is 5.90. The quantitative estimate of drug-likeness (QED) is 0.547. The Labute approximate surface area is 173 Å². The predicted molar refractivity (Wildman–Crippen MR) is 114 cm³/mol. The van der Waals surface area contributed by atoms with Crippen LogP contribution in [0.5, 0.6) is 5.75 Å². The van der Waals surface area contributed by atoms with Gasteiger partial charge in [-0.3, -0.25) is 4.68 Å². The van der Waals surface area contributed by atoms with Crippen LogP contribution < -0.4 is 15.4 Å². The molecule has 6 rings (SSSR count). The second-order valence-corrected chi connectivity index (χ2v) is 7.84. The van der Waals surface area contributed by atoms with E-state index in [2.05, 4.69) is 45.0 Å². The van der Waals surface area contributed by atoms with Crippen molar-refractivity contribution in [3.8, 4) is 17.0 Å². The van der Waals surface area contributed by atoms with Gasteiger partial charge in [-0.05, 0) is 49.7 Å². The van der Waals surface area contributed by atoms with Gasteiger partial charge in [0.05, 0.1) is 41.9 Å². The van der Waals surface area contributed by atoms with E-state index in [0.29, 0.717) is 12.0 Å². The standard InChI is InChI=1S/C22H23N7O/c1-2-15-8-11-30-21(15)19(3-1)20-5-4-18-13-24-22(27-29(18)20)26-16-12-25-28(14-16)17-6-9-23-10-7-17/h1-5,12-14,17,23H,6-11H2,(H,26,27). The first kappa shape index (κ1) is 17.5. The van der Waals surface area contributed by atoms with Crippen LogP contribution >= 0.6 is 0 Å². The minimum atomic E-state index is 0.446. The highest BCUT2D eigenvalue weighted by atomic mass is 16.5. The molecule has 0 amide bonds. The van der Waals surface area contributed by atoms with E-state index in [0.717, 1.165) is 67.2 Å². The molecule has 8 nitrogen and oxygen atoms in total. The number of para-hydroxylation sites is 1. The van der Waals surface area contributed by atoms with Crippen molar-refractivity contribution in [2.45, 2.75) is 25.3 Å². The van der Waals surface area contributed by atoms with Gasteiger partial charge in [0, 0.05) is 18.2 Å². The third-order valence-electron chi connectivity index (χ3n) is 5.93. The van der Waals surface area contributed by atoms with Crippen LogP contribution in [0.1, 0.15) is 24.4 Å². The molecule has 0 atom stereocenters. The highest BCUT2D eigenvalue weighted by Gasteiger charge is 2.20. The first-order valence-corrected chi connectivity index (χ1v) is 10.5. The van der Waals surface area contributed by atoms with Crippen molar-refractivity contribution in [1.82, 2.24) is 29.7 Å². The summed E-state index contributed by atoms with van der Waals surface area (Å²) in [6.07, 6.45) is 8.86. The Morgan fingerprint density at radius 2 is 2.03 bits per heavy atom. The molecule has 0 bridgehead atoms. The number of fused-ring (bicyclic) bond motifs is 2. The Kier molecular flexibility index (Phi) is 4.16. The maximum atomic E-state index is 5.90. The van der Waals surface area contributed by atoms with Crippen molar-refractivity contribution in [1.29, 1.82) is 0 Å². The summed E-state index contributed by atoms with van der Waals surface area (Å²) < 4.78 is 9.87. The number of aromatic nitrogens is 5. The summed E-state index contributed by atoms with van der Waals surface area (Å²) in [5.41, 5.74) is 5.15. The molecule has 2 aliphatic heterocycles. The second-order valence-electron chi connectivity index (χ2n) is 7.84. The lowest BCUT2D eigenvalue weighted by Crippen LogP contribution is -2.29. The van der Waals surface area contributed by atoms with Gasteiger partial charge in [-0.2, -0.15) is 5.10 Å². The van der Waals surface area contributed by atoms with Crippen molar-refractivity contribution in [2.75, 3.05) is 25.0 Å². The largest absolute Gasteiger partial charge is 0.492 e. The molecule has 152 valence electrons. The molecule has 0 spiro atoms. The van der Waals surface area contributed by atoms with Gasteiger partial charge in [-0.25, -0.2) is 9.50 Å². The van der Waals surface area contributed by atoms with Crippen LogP contribution in [-0.4, -0.2) is 44.1 Å². The van der Waals surface area contributed by atoms with E-state index in [1.165, 1.54) is 5.56 Å². The third kappa shape index (κ3) is 3.00. The molecule has 0 unspecified atom stereocenters. The van der Waals surface area contributed by atoms with Crippen molar-refractivity contribution in [3.05, 3.63) is 54.5 Å². The molecule has 2 aliphatic rings. The second kappa shape index (κ2) is 7.14. The number of anilines is 2. The number of nitrogens with zero attached hydrogens (tertiary/aromatic N) is 5. The molecule has 1 fully saturated rings. The van der Waals surface area contributed by atoms with Gasteiger partial charge in [-0.1, -0.05) is 12.1 Å². The number of piperidine rings is 1. The topological polar surface area (TPSA) is 81.3 Å². The van der Waals surface area contributed by atoms with Crippen LogP contribution in [0.3, 0.4) is 0 Å². The van der Waals surface area contributed by atoms with E-state index in [9.17, 15) is 0 Å². The van der Waals surface area contributed by atoms with Crippen LogP contribution in [0.4, 0.5) is 11.6 Å². The first-order valence-electron chi connectivity index (χ1n) is 10.5. The summed E-state index contributed by atoms with van der Waals surface area (Å²) in [5, 5.41) is 16.0. The molecule has 0 aliphatic carbocycles. The van der Waals surface area contributed by atoms with Crippen LogP contribution in [0, 0.1) is 0 Å². The zero-order valence-corrected chi connectivity index (χ0v) is 16.6.